The van der Waals surface area contributed by atoms with E-state index in [2.05, 4.69) is 40.4 Å². The number of benzene rings is 1. The van der Waals surface area contributed by atoms with Gasteiger partial charge in [-0.2, -0.15) is 0 Å². The van der Waals surface area contributed by atoms with Crippen LogP contribution in [0.25, 0.3) is 10.9 Å². The standard InChI is InChI=1S/C13H13N3/c1-9-8-15-13(16-9)11-6-2-4-10-5-3-7-14-12(10)11/h2-7,9H,8H2,1H3,(H,15,16). The van der Waals surface area contributed by atoms with E-state index in [1.807, 2.05) is 18.3 Å². The van der Waals surface area contributed by atoms with E-state index < -0.39 is 0 Å². The second-order valence-electron chi connectivity index (χ2n) is 4.12. The fraction of sp³-hybridized carbons (Fsp3) is 0.231. The van der Waals surface area contributed by atoms with Gasteiger partial charge in [0.25, 0.3) is 0 Å². The smallest absolute Gasteiger partial charge is 0.130 e. The van der Waals surface area contributed by atoms with Crippen molar-refractivity contribution in [2.75, 3.05) is 6.54 Å². The van der Waals surface area contributed by atoms with Gasteiger partial charge < -0.3 is 5.32 Å². The van der Waals surface area contributed by atoms with Crippen molar-refractivity contribution in [1.29, 1.82) is 0 Å². The Labute approximate surface area is 94.2 Å². The molecule has 0 fully saturated rings. The van der Waals surface area contributed by atoms with Gasteiger partial charge in [-0.15, -0.1) is 0 Å². The van der Waals surface area contributed by atoms with Crippen LogP contribution in [0.2, 0.25) is 0 Å². The van der Waals surface area contributed by atoms with Crippen LogP contribution in [-0.4, -0.2) is 23.4 Å². The highest BCUT2D eigenvalue weighted by Crippen LogP contribution is 2.17. The predicted molar refractivity (Wildman–Crippen MR) is 65.7 cm³/mol. The van der Waals surface area contributed by atoms with E-state index >= 15 is 0 Å². The van der Waals surface area contributed by atoms with E-state index in [4.69, 9.17) is 0 Å². The van der Waals surface area contributed by atoms with E-state index in [1.165, 1.54) is 0 Å². The summed E-state index contributed by atoms with van der Waals surface area (Å²) in [4.78, 5) is 8.93. The van der Waals surface area contributed by atoms with E-state index in [1.54, 1.807) is 0 Å². The van der Waals surface area contributed by atoms with Gasteiger partial charge in [0, 0.05) is 23.2 Å². The Morgan fingerprint density at radius 2 is 2.12 bits per heavy atom. The number of nitrogens with zero attached hydrogens (tertiary/aromatic N) is 2. The summed E-state index contributed by atoms with van der Waals surface area (Å²) in [5.41, 5.74) is 2.12. The van der Waals surface area contributed by atoms with Crippen LogP contribution >= 0.6 is 0 Å². The molecule has 0 amide bonds. The number of pyridine rings is 1. The van der Waals surface area contributed by atoms with Crippen molar-refractivity contribution in [3.8, 4) is 0 Å². The minimum atomic E-state index is 0.425. The van der Waals surface area contributed by atoms with Crippen LogP contribution in [0, 0.1) is 0 Å². The molecule has 3 heteroatoms. The summed E-state index contributed by atoms with van der Waals surface area (Å²) in [5, 5.41) is 4.53. The van der Waals surface area contributed by atoms with Gasteiger partial charge in [-0.05, 0) is 19.1 Å². The Kier molecular flexibility index (Phi) is 2.10. The van der Waals surface area contributed by atoms with Crippen LogP contribution in [0.1, 0.15) is 12.5 Å². The van der Waals surface area contributed by atoms with Gasteiger partial charge in [-0.25, -0.2) is 0 Å². The van der Waals surface area contributed by atoms with Gasteiger partial charge in [-0.3, -0.25) is 9.98 Å². The summed E-state index contributed by atoms with van der Waals surface area (Å²) < 4.78 is 0. The highest BCUT2D eigenvalue weighted by atomic mass is 15.1. The van der Waals surface area contributed by atoms with Crippen LogP contribution in [0.5, 0.6) is 0 Å². The molecule has 1 aliphatic rings. The lowest BCUT2D eigenvalue weighted by atomic mass is 10.1. The van der Waals surface area contributed by atoms with E-state index in [0.29, 0.717) is 6.04 Å². The molecule has 16 heavy (non-hydrogen) atoms. The van der Waals surface area contributed by atoms with Gasteiger partial charge in [0.1, 0.15) is 5.84 Å². The lowest BCUT2D eigenvalue weighted by molar-refractivity contribution is 0.726. The monoisotopic (exact) mass is 211 g/mol. The first-order valence-corrected chi connectivity index (χ1v) is 5.50. The predicted octanol–water partition coefficient (Wildman–Crippen LogP) is 1.97. The number of para-hydroxylation sites is 1. The first-order valence-electron chi connectivity index (χ1n) is 5.50. The minimum absolute atomic E-state index is 0.425. The molecule has 3 rings (SSSR count). The quantitative estimate of drug-likeness (QED) is 0.783. The number of amidine groups is 1. The average molecular weight is 211 g/mol. The van der Waals surface area contributed by atoms with Crippen molar-refractivity contribution in [2.45, 2.75) is 13.0 Å². The average Bonchev–Trinajstić information content (AvgIpc) is 2.75. The molecule has 0 bridgehead atoms. The molecular weight excluding hydrogens is 198 g/mol. The maximum Gasteiger partial charge on any atom is 0.130 e. The summed E-state index contributed by atoms with van der Waals surface area (Å²) in [6.07, 6.45) is 1.82. The maximum absolute atomic E-state index is 4.50. The van der Waals surface area contributed by atoms with Gasteiger partial charge in [0.2, 0.25) is 0 Å². The second kappa shape index (κ2) is 3.59. The van der Waals surface area contributed by atoms with Crippen molar-refractivity contribution < 1.29 is 0 Å². The summed E-state index contributed by atoms with van der Waals surface area (Å²) in [6, 6.07) is 10.6. The molecule has 1 aliphatic heterocycles. The Balaban J connectivity index is 2.17. The van der Waals surface area contributed by atoms with Crippen LogP contribution < -0.4 is 5.32 Å². The number of aliphatic imine (C=N–C) groups is 1. The molecule has 0 spiro atoms. The zero-order chi connectivity index (χ0) is 11.0. The normalized spacial score (nSPS) is 19.6. The fourth-order valence-electron chi connectivity index (χ4n) is 2.01. The largest absolute Gasteiger partial charge is 0.365 e. The van der Waals surface area contributed by atoms with Crippen molar-refractivity contribution >= 4 is 16.7 Å². The SMILES string of the molecule is CC1CN=C(c2cccc3cccnc23)N1. The van der Waals surface area contributed by atoms with E-state index in [9.17, 15) is 0 Å². The molecule has 1 aromatic heterocycles. The molecule has 0 saturated carbocycles. The topological polar surface area (TPSA) is 37.3 Å². The number of nitrogens with one attached hydrogen (secondary N) is 1. The third kappa shape index (κ3) is 1.45. The van der Waals surface area contributed by atoms with Gasteiger partial charge >= 0.3 is 0 Å². The molecule has 1 atom stereocenters. The Hall–Kier alpha value is -1.90. The van der Waals surface area contributed by atoms with Crippen LogP contribution in [0.15, 0.2) is 41.5 Å². The van der Waals surface area contributed by atoms with Crippen LogP contribution in [-0.2, 0) is 0 Å². The number of rotatable bonds is 1. The molecule has 3 nitrogen and oxygen atoms in total. The van der Waals surface area contributed by atoms with E-state index in [-0.39, 0.29) is 0 Å². The number of aromatic nitrogens is 1. The summed E-state index contributed by atoms with van der Waals surface area (Å²) in [7, 11) is 0. The highest BCUT2D eigenvalue weighted by molar-refractivity contribution is 6.09. The highest BCUT2D eigenvalue weighted by Gasteiger charge is 2.16. The summed E-state index contributed by atoms with van der Waals surface area (Å²) >= 11 is 0. The van der Waals surface area contributed by atoms with Crippen molar-refractivity contribution in [1.82, 2.24) is 10.3 Å². The fourth-order valence-corrected chi connectivity index (χ4v) is 2.01. The van der Waals surface area contributed by atoms with Gasteiger partial charge in [-0.1, -0.05) is 18.2 Å². The summed E-state index contributed by atoms with van der Waals surface area (Å²) in [6.45, 7) is 2.98. The molecule has 2 aromatic rings. The zero-order valence-corrected chi connectivity index (χ0v) is 9.14. The first-order chi connectivity index (χ1) is 7.84. The lowest BCUT2D eigenvalue weighted by Gasteiger charge is -2.08. The van der Waals surface area contributed by atoms with Crippen molar-refractivity contribution in [3.05, 3.63) is 42.1 Å². The molecule has 0 radical (unpaired) electrons. The molecule has 1 unspecified atom stereocenters. The molecule has 0 aliphatic carbocycles. The second-order valence-corrected chi connectivity index (χ2v) is 4.12. The zero-order valence-electron chi connectivity index (χ0n) is 9.14. The first kappa shape index (κ1) is 9.33. The molecule has 1 aromatic carbocycles. The number of hydrogen-bond donors (Lipinski definition) is 1. The molecule has 0 saturated heterocycles. The Bertz CT molecular complexity index is 555. The molecular formula is C13H13N3. The minimum Gasteiger partial charge on any atom is -0.365 e. The third-order valence-corrected chi connectivity index (χ3v) is 2.79. The third-order valence-electron chi connectivity index (χ3n) is 2.79. The molecule has 1 N–H and O–H groups in total. The molecule has 80 valence electrons. The van der Waals surface area contributed by atoms with Crippen LogP contribution in [0.4, 0.5) is 0 Å². The number of fused-ring (bicyclic) bond motifs is 1. The van der Waals surface area contributed by atoms with Crippen molar-refractivity contribution in [2.24, 2.45) is 4.99 Å². The van der Waals surface area contributed by atoms with Gasteiger partial charge in [0.05, 0.1) is 12.1 Å². The Morgan fingerprint density at radius 1 is 1.25 bits per heavy atom. The number of hydrogen-bond acceptors (Lipinski definition) is 3. The lowest BCUT2D eigenvalue weighted by Crippen LogP contribution is -2.27. The van der Waals surface area contributed by atoms with Crippen LogP contribution in [0.3, 0.4) is 0 Å². The summed E-state index contributed by atoms with van der Waals surface area (Å²) in [5.74, 6) is 0.969. The van der Waals surface area contributed by atoms with Crippen molar-refractivity contribution in [3.63, 3.8) is 0 Å². The maximum atomic E-state index is 4.50. The molecule has 2 heterocycles. The van der Waals surface area contributed by atoms with Gasteiger partial charge in [0.15, 0.2) is 0 Å². The Morgan fingerprint density at radius 3 is 2.94 bits per heavy atom. The van der Waals surface area contributed by atoms with E-state index in [0.717, 1.165) is 28.8 Å².